The third-order valence-electron chi connectivity index (χ3n) is 5.55. The molecule has 0 bridgehead atoms. The molecule has 0 radical (unpaired) electrons. The van der Waals surface area contributed by atoms with Crippen LogP contribution < -0.4 is 0 Å². The topological polar surface area (TPSA) is 34.5 Å². The van der Waals surface area contributed by atoms with Gasteiger partial charge in [0.05, 0.1) is 12.6 Å². The van der Waals surface area contributed by atoms with E-state index < -0.39 is 5.66 Å². The molecule has 3 aromatic rings. The van der Waals surface area contributed by atoms with E-state index >= 15 is 0 Å². The summed E-state index contributed by atoms with van der Waals surface area (Å²) in [4.78, 5) is 18.9. The van der Waals surface area contributed by atoms with Gasteiger partial charge in [0.15, 0.2) is 0 Å². The minimum atomic E-state index is -0.853. The number of nitrogens with zero attached hydrogens (tertiary/aromatic N) is 2. The molecule has 0 fully saturated rings. The molecule has 29 heavy (non-hydrogen) atoms. The van der Waals surface area contributed by atoms with Gasteiger partial charge in [0, 0.05) is 18.2 Å². The Labute approximate surface area is 172 Å². The molecule has 1 atom stereocenters. The molecular formula is C25H26N2O2. The molecule has 2 heterocycles. The summed E-state index contributed by atoms with van der Waals surface area (Å²) in [7, 11) is 1.55. The van der Waals surface area contributed by atoms with Crippen molar-refractivity contribution in [2.75, 3.05) is 7.11 Å². The minimum absolute atomic E-state index is 0.137. The van der Waals surface area contributed by atoms with E-state index in [0.29, 0.717) is 12.1 Å². The maximum absolute atomic E-state index is 13.2. The van der Waals surface area contributed by atoms with E-state index in [0.717, 1.165) is 36.6 Å². The maximum Gasteiger partial charge on any atom is 0.297 e. The SMILES string of the molecule is CCCCC#CC1(CCc2ccccc2)N(OC)C(=O)c2cc3ccccc3n21. The molecule has 0 spiro atoms. The van der Waals surface area contributed by atoms with Crippen LogP contribution in [0, 0.1) is 11.8 Å². The zero-order chi connectivity index (χ0) is 20.3. The van der Waals surface area contributed by atoms with Gasteiger partial charge in [0.25, 0.3) is 5.91 Å². The fourth-order valence-corrected chi connectivity index (χ4v) is 4.12. The normalized spacial score (nSPS) is 18.0. The van der Waals surface area contributed by atoms with Crippen LogP contribution in [0.5, 0.6) is 0 Å². The number of hydrogen-bond donors (Lipinski definition) is 0. The quantitative estimate of drug-likeness (QED) is 0.434. The van der Waals surface area contributed by atoms with Gasteiger partial charge in [-0.05, 0) is 36.5 Å². The van der Waals surface area contributed by atoms with Crippen molar-refractivity contribution < 1.29 is 9.63 Å². The van der Waals surface area contributed by atoms with Crippen molar-refractivity contribution in [3.05, 3.63) is 71.9 Å². The fraction of sp³-hybridized carbons (Fsp3) is 0.320. The molecule has 0 saturated carbocycles. The molecule has 2 aromatic carbocycles. The third-order valence-corrected chi connectivity index (χ3v) is 5.55. The lowest BCUT2D eigenvalue weighted by Gasteiger charge is -2.34. The first-order chi connectivity index (χ1) is 14.2. The van der Waals surface area contributed by atoms with E-state index in [1.54, 1.807) is 7.11 Å². The zero-order valence-corrected chi connectivity index (χ0v) is 17.0. The van der Waals surface area contributed by atoms with Gasteiger partial charge >= 0.3 is 0 Å². The Morgan fingerprint density at radius 3 is 2.59 bits per heavy atom. The van der Waals surface area contributed by atoms with E-state index in [2.05, 4.69) is 41.5 Å². The number of benzene rings is 2. The van der Waals surface area contributed by atoms with Crippen molar-refractivity contribution in [2.24, 2.45) is 0 Å². The van der Waals surface area contributed by atoms with Crippen LogP contribution >= 0.6 is 0 Å². The van der Waals surface area contributed by atoms with E-state index in [-0.39, 0.29) is 5.91 Å². The van der Waals surface area contributed by atoms with Crippen LogP contribution in [-0.4, -0.2) is 22.6 Å². The van der Waals surface area contributed by atoms with Crippen LogP contribution in [-0.2, 0) is 16.9 Å². The number of hydrogen-bond acceptors (Lipinski definition) is 2. The Kier molecular flexibility index (Phi) is 5.42. The standard InChI is InChI=1S/C25H26N2O2/c1-3-4-5-11-17-25(18-16-20-12-7-6-8-13-20)26-22-15-10-9-14-21(22)19-23(26)24(28)27(25)29-2/h6-10,12-15,19H,3-5,16,18H2,1-2H3. The lowest BCUT2D eigenvalue weighted by atomic mass is 9.99. The largest absolute Gasteiger partial charge is 0.300 e. The second kappa shape index (κ2) is 8.14. The van der Waals surface area contributed by atoms with Gasteiger partial charge in [-0.25, -0.2) is 0 Å². The monoisotopic (exact) mass is 386 g/mol. The number of amides is 1. The number of hydroxylamine groups is 2. The Balaban J connectivity index is 1.85. The van der Waals surface area contributed by atoms with Crippen molar-refractivity contribution in [1.82, 2.24) is 9.63 Å². The average Bonchev–Trinajstić information content (AvgIpc) is 3.25. The molecule has 4 nitrogen and oxygen atoms in total. The van der Waals surface area contributed by atoms with E-state index in [4.69, 9.17) is 4.84 Å². The summed E-state index contributed by atoms with van der Waals surface area (Å²) in [5, 5.41) is 2.52. The molecule has 1 amide bonds. The average molecular weight is 386 g/mol. The predicted octanol–water partition coefficient (Wildman–Crippen LogP) is 5.14. The maximum atomic E-state index is 13.2. The second-order valence-electron chi connectivity index (χ2n) is 7.41. The Hall–Kier alpha value is -3.03. The number of aromatic nitrogens is 1. The van der Waals surface area contributed by atoms with Crippen molar-refractivity contribution in [3.63, 3.8) is 0 Å². The molecule has 148 valence electrons. The molecule has 0 N–H and O–H groups in total. The molecule has 0 aliphatic carbocycles. The van der Waals surface area contributed by atoms with Gasteiger partial charge < -0.3 is 0 Å². The molecule has 1 aliphatic heterocycles. The summed E-state index contributed by atoms with van der Waals surface area (Å²) < 4.78 is 2.08. The predicted molar refractivity (Wildman–Crippen MR) is 115 cm³/mol. The molecule has 1 aliphatic rings. The smallest absolute Gasteiger partial charge is 0.297 e. The zero-order valence-electron chi connectivity index (χ0n) is 17.0. The highest BCUT2D eigenvalue weighted by atomic mass is 16.7. The molecule has 1 unspecified atom stereocenters. The highest BCUT2D eigenvalue weighted by molar-refractivity contribution is 6.01. The van der Waals surface area contributed by atoms with Gasteiger partial charge in [-0.15, -0.1) is 0 Å². The Bertz CT molecular complexity index is 1070. The third kappa shape index (κ3) is 3.32. The van der Waals surface area contributed by atoms with E-state index in [1.165, 1.54) is 10.6 Å². The second-order valence-corrected chi connectivity index (χ2v) is 7.41. The summed E-state index contributed by atoms with van der Waals surface area (Å²) in [5.41, 5.74) is 2.00. The van der Waals surface area contributed by atoms with Gasteiger partial charge in [-0.1, -0.05) is 67.8 Å². The Morgan fingerprint density at radius 1 is 1.07 bits per heavy atom. The number of unbranched alkanes of at least 4 members (excludes halogenated alkanes) is 2. The van der Waals surface area contributed by atoms with Crippen molar-refractivity contribution in [1.29, 1.82) is 0 Å². The van der Waals surface area contributed by atoms with Crippen LogP contribution in [0.25, 0.3) is 10.9 Å². The lowest BCUT2D eigenvalue weighted by Crippen LogP contribution is -2.46. The molecule has 0 saturated heterocycles. The number of aryl methyl sites for hydroxylation is 1. The van der Waals surface area contributed by atoms with Crippen LogP contribution in [0.4, 0.5) is 0 Å². The first-order valence-corrected chi connectivity index (χ1v) is 10.2. The summed E-state index contributed by atoms with van der Waals surface area (Å²) in [5.74, 6) is 6.66. The highest BCUT2D eigenvalue weighted by Gasteiger charge is 2.50. The van der Waals surface area contributed by atoms with Crippen molar-refractivity contribution in [3.8, 4) is 11.8 Å². The first kappa shape index (κ1) is 19.3. The molecule has 1 aromatic heterocycles. The van der Waals surface area contributed by atoms with Gasteiger partial charge in [0.2, 0.25) is 5.66 Å². The number of carbonyl (C=O) groups excluding carboxylic acids is 1. The van der Waals surface area contributed by atoms with E-state index in [9.17, 15) is 4.79 Å². The van der Waals surface area contributed by atoms with Crippen molar-refractivity contribution in [2.45, 2.75) is 44.7 Å². The van der Waals surface area contributed by atoms with Gasteiger partial charge in [0.1, 0.15) is 5.69 Å². The Morgan fingerprint density at radius 2 is 1.83 bits per heavy atom. The van der Waals surface area contributed by atoms with Crippen LogP contribution in [0.3, 0.4) is 0 Å². The summed E-state index contributed by atoms with van der Waals surface area (Å²) >= 11 is 0. The molecular weight excluding hydrogens is 360 g/mol. The van der Waals surface area contributed by atoms with Crippen LogP contribution in [0.2, 0.25) is 0 Å². The van der Waals surface area contributed by atoms with Crippen molar-refractivity contribution >= 4 is 16.8 Å². The number of fused-ring (bicyclic) bond motifs is 3. The molecule has 4 heteroatoms. The number of rotatable bonds is 6. The summed E-state index contributed by atoms with van der Waals surface area (Å²) in [6.07, 6.45) is 4.39. The van der Waals surface area contributed by atoms with E-state index in [1.807, 2.05) is 42.5 Å². The van der Waals surface area contributed by atoms with Crippen LogP contribution in [0.1, 0.15) is 48.7 Å². The van der Waals surface area contributed by atoms with Crippen LogP contribution in [0.15, 0.2) is 60.7 Å². The summed E-state index contributed by atoms with van der Waals surface area (Å²) in [6.45, 7) is 2.16. The lowest BCUT2D eigenvalue weighted by molar-refractivity contribution is -0.160. The fourth-order valence-electron chi connectivity index (χ4n) is 4.12. The van der Waals surface area contributed by atoms with Gasteiger partial charge in [-0.2, -0.15) is 5.06 Å². The molecule has 4 rings (SSSR count). The number of carbonyl (C=O) groups is 1. The first-order valence-electron chi connectivity index (χ1n) is 10.2. The highest BCUT2D eigenvalue weighted by Crippen LogP contribution is 2.40. The summed E-state index contributed by atoms with van der Waals surface area (Å²) in [6, 6.07) is 20.4. The number of para-hydroxylation sites is 1. The van der Waals surface area contributed by atoms with Gasteiger partial charge in [-0.3, -0.25) is 14.2 Å². The minimum Gasteiger partial charge on any atom is -0.300 e.